The number of aromatic nitrogens is 2. The Morgan fingerprint density at radius 2 is 1.81 bits per heavy atom. The molecule has 11 heteroatoms. The number of rotatable bonds is 9. The van der Waals surface area contributed by atoms with Crippen LogP contribution < -0.4 is 16.2 Å². The molecule has 0 bridgehead atoms. The van der Waals surface area contributed by atoms with E-state index in [2.05, 4.69) is 26.1 Å². The highest BCUT2D eigenvalue weighted by atomic mass is 16.6. The number of carbonyl (C=O) groups excluding carboxylic acids is 2. The Morgan fingerprint density at radius 3 is 2.53 bits per heavy atom. The summed E-state index contributed by atoms with van der Waals surface area (Å²) in [6, 6.07) is 15.3. The number of carbonyl (C=O) groups is 2. The largest absolute Gasteiger partial charge is 0.462 e. The Hall–Kier alpha value is -4.54. The maximum Gasteiger partial charge on any atom is 0.355 e. The van der Waals surface area contributed by atoms with Gasteiger partial charge in [-0.3, -0.25) is 25.8 Å². The number of ether oxygens (including phenoxy) is 1. The number of benzene rings is 2. The molecule has 1 amide bonds. The maximum absolute atomic E-state index is 12.2. The Bertz CT molecular complexity index is 1120. The van der Waals surface area contributed by atoms with Crippen LogP contribution in [0.4, 0.5) is 23.0 Å². The number of anilines is 3. The van der Waals surface area contributed by atoms with Crippen LogP contribution in [0.2, 0.25) is 0 Å². The zero-order valence-corrected chi connectivity index (χ0v) is 17.1. The number of hydrogen-bond acceptors (Lipinski definition) is 9. The number of nitrogens with one attached hydrogen (secondary N) is 3. The molecule has 0 atom stereocenters. The van der Waals surface area contributed by atoms with Crippen molar-refractivity contribution in [1.82, 2.24) is 15.4 Å². The van der Waals surface area contributed by atoms with Gasteiger partial charge in [-0.2, -0.15) is 0 Å². The summed E-state index contributed by atoms with van der Waals surface area (Å²) in [7, 11) is 0. The van der Waals surface area contributed by atoms with Crippen LogP contribution in [0, 0.1) is 10.1 Å². The lowest BCUT2D eigenvalue weighted by molar-refractivity contribution is -0.383. The molecule has 0 radical (unpaired) electrons. The van der Waals surface area contributed by atoms with Gasteiger partial charge in [0.1, 0.15) is 6.33 Å². The van der Waals surface area contributed by atoms with E-state index in [0.29, 0.717) is 5.69 Å². The van der Waals surface area contributed by atoms with E-state index in [1.807, 2.05) is 6.07 Å². The minimum atomic E-state index is -0.677. The second kappa shape index (κ2) is 10.5. The first-order chi connectivity index (χ1) is 15.5. The summed E-state index contributed by atoms with van der Waals surface area (Å²) in [5.74, 6) is -1.24. The van der Waals surface area contributed by atoms with Crippen LogP contribution >= 0.6 is 0 Å². The van der Waals surface area contributed by atoms with Gasteiger partial charge in [0.2, 0.25) is 17.5 Å². The van der Waals surface area contributed by atoms with E-state index in [1.165, 1.54) is 6.07 Å². The normalized spacial score (nSPS) is 10.2. The second-order valence-electron chi connectivity index (χ2n) is 6.44. The van der Waals surface area contributed by atoms with Crippen molar-refractivity contribution in [1.29, 1.82) is 0 Å². The summed E-state index contributed by atoms with van der Waals surface area (Å²) in [5.41, 5.74) is 5.85. The molecule has 0 spiro atoms. The number of amides is 1. The molecule has 0 unspecified atom stereocenters. The zero-order valence-electron chi connectivity index (χ0n) is 17.1. The van der Waals surface area contributed by atoms with E-state index in [4.69, 9.17) is 4.74 Å². The topological polar surface area (TPSA) is 148 Å². The van der Waals surface area contributed by atoms with Gasteiger partial charge >= 0.3 is 11.7 Å². The fraction of sp³-hybridized carbons (Fsp3) is 0.143. The lowest BCUT2D eigenvalue weighted by Crippen LogP contribution is -2.31. The fourth-order valence-corrected chi connectivity index (χ4v) is 2.76. The molecule has 0 aliphatic rings. The van der Waals surface area contributed by atoms with E-state index < -0.39 is 22.5 Å². The summed E-state index contributed by atoms with van der Waals surface area (Å²) in [6.45, 7) is 1.91. The highest BCUT2D eigenvalue weighted by Gasteiger charge is 2.24. The quantitative estimate of drug-likeness (QED) is 0.261. The van der Waals surface area contributed by atoms with E-state index >= 15 is 0 Å². The Labute approximate surface area is 183 Å². The van der Waals surface area contributed by atoms with Crippen LogP contribution in [-0.2, 0) is 16.0 Å². The lowest BCUT2D eigenvalue weighted by atomic mass is 10.1. The van der Waals surface area contributed by atoms with E-state index in [0.717, 1.165) is 11.9 Å². The van der Waals surface area contributed by atoms with Crippen LogP contribution in [0.15, 0.2) is 60.9 Å². The van der Waals surface area contributed by atoms with E-state index in [9.17, 15) is 19.7 Å². The molecule has 1 heterocycles. The van der Waals surface area contributed by atoms with E-state index in [-0.39, 0.29) is 30.2 Å². The van der Waals surface area contributed by atoms with Crippen molar-refractivity contribution in [2.24, 2.45) is 0 Å². The third-order valence-electron chi connectivity index (χ3n) is 4.17. The van der Waals surface area contributed by atoms with Crippen molar-refractivity contribution in [3.05, 3.63) is 82.2 Å². The Kier molecular flexibility index (Phi) is 7.25. The van der Waals surface area contributed by atoms with Crippen LogP contribution in [0.25, 0.3) is 0 Å². The number of hydrazine groups is 1. The van der Waals surface area contributed by atoms with Crippen molar-refractivity contribution < 1.29 is 19.2 Å². The molecule has 3 N–H and O–H groups in total. The van der Waals surface area contributed by atoms with Gasteiger partial charge in [-0.25, -0.2) is 14.8 Å². The molecule has 0 fully saturated rings. The first-order valence-electron chi connectivity index (χ1n) is 9.60. The predicted molar refractivity (Wildman–Crippen MR) is 116 cm³/mol. The first kappa shape index (κ1) is 22.2. The molecule has 164 valence electrons. The SMILES string of the molecule is CCOC(=O)c1cccc(Nc2ncnc(NNC(=O)Cc3ccccc3)c2[N+](=O)[O-])c1. The first-order valence-corrected chi connectivity index (χ1v) is 9.60. The molecular formula is C21H20N6O5. The molecule has 1 aromatic heterocycles. The van der Waals surface area contributed by atoms with Gasteiger partial charge in [-0.05, 0) is 30.7 Å². The molecule has 32 heavy (non-hydrogen) atoms. The van der Waals surface area contributed by atoms with Crippen molar-refractivity contribution in [2.75, 3.05) is 17.3 Å². The summed E-state index contributed by atoms with van der Waals surface area (Å²) < 4.78 is 4.96. The monoisotopic (exact) mass is 436 g/mol. The molecule has 0 saturated carbocycles. The minimum Gasteiger partial charge on any atom is -0.462 e. The van der Waals surface area contributed by atoms with Crippen molar-refractivity contribution >= 4 is 34.9 Å². The van der Waals surface area contributed by atoms with Gasteiger partial charge in [0.25, 0.3) is 0 Å². The van der Waals surface area contributed by atoms with E-state index in [1.54, 1.807) is 49.4 Å². The third kappa shape index (κ3) is 5.75. The molecule has 0 saturated heterocycles. The summed E-state index contributed by atoms with van der Waals surface area (Å²) in [4.78, 5) is 42.9. The van der Waals surface area contributed by atoms with Gasteiger partial charge in [0, 0.05) is 5.69 Å². The summed E-state index contributed by atoms with van der Waals surface area (Å²) >= 11 is 0. The molecule has 0 aliphatic carbocycles. The number of hydrogen-bond donors (Lipinski definition) is 3. The summed E-state index contributed by atoms with van der Waals surface area (Å²) in [6.07, 6.45) is 1.19. The third-order valence-corrected chi connectivity index (χ3v) is 4.17. The summed E-state index contributed by atoms with van der Waals surface area (Å²) in [5, 5.41) is 14.5. The standard InChI is InChI=1S/C21H20N6O5/c1-2-32-21(29)15-9-6-10-16(12-15)24-19-18(27(30)31)20(23-13-22-19)26-25-17(28)11-14-7-4-3-5-8-14/h3-10,12-13H,2,11H2,1H3,(H,25,28)(H2,22,23,24,26). The number of esters is 1. The average Bonchev–Trinajstić information content (AvgIpc) is 2.78. The van der Waals surface area contributed by atoms with Gasteiger partial charge in [-0.1, -0.05) is 36.4 Å². The molecular weight excluding hydrogens is 416 g/mol. The second-order valence-corrected chi connectivity index (χ2v) is 6.44. The van der Waals surface area contributed by atoms with Crippen LogP contribution in [0.3, 0.4) is 0 Å². The highest BCUT2D eigenvalue weighted by Crippen LogP contribution is 2.31. The lowest BCUT2D eigenvalue weighted by Gasteiger charge is -2.11. The minimum absolute atomic E-state index is 0.0818. The Balaban J connectivity index is 1.76. The van der Waals surface area contributed by atoms with Gasteiger partial charge in [0.05, 0.1) is 23.5 Å². The molecule has 3 rings (SSSR count). The molecule has 2 aromatic carbocycles. The molecule has 0 aliphatic heterocycles. The van der Waals surface area contributed by atoms with Gasteiger partial charge in [-0.15, -0.1) is 0 Å². The highest BCUT2D eigenvalue weighted by molar-refractivity contribution is 5.91. The number of nitro groups is 1. The Morgan fingerprint density at radius 1 is 1.06 bits per heavy atom. The van der Waals surface area contributed by atoms with Gasteiger partial charge < -0.3 is 10.1 Å². The van der Waals surface area contributed by atoms with Crippen LogP contribution in [0.5, 0.6) is 0 Å². The van der Waals surface area contributed by atoms with Crippen molar-refractivity contribution in [3.8, 4) is 0 Å². The van der Waals surface area contributed by atoms with Crippen molar-refractivity contribution in [3.63, 3.8) is 0 Å². The van der Waals surface area contributed by atoms with Gasteiger partial charge in [0.15, 0.2) is 0 Å². The average molecular weight is 436 g/mol. The molecule has 11 nitrogen and oxygen atoms in total. The molecule has 3 aromatic rings. The predicted octanol–water partition coefficient (Wildman–Crippen LogP) is 2.99. The van der Waals surface area contributed by atoms with Crippen LogP contribution in [0.1, 0.15) is 22.8 Å². The smallest absolute Gasteiger partial charge is 0.355 e. The number of nitrogens with zero attached hydrogens (tertiary/aromatic N) is 3. The maximum atomic E-state index is 12.2. The zero-order chi connectivity index (χ0) is 22.9. The van der Waals surface area contributed by atoms with Crippen molar-refractivity contribution in [2.45, 2.75) is 13.3 Å². The fourth-order valence-electron chi connectivity index (χ4n) is 2.76. The van der Waals surface area contributed by atoms with Crippen LogP contribution in [-0.4, -0.2) is 33.4 Å².